The number of fused-ring (bicyclic) bond motifs is 7. The smallest absolute Gasteiger partial charge is 0.142 e. The van der Waals surface area contributed by atoms with Crippen LogP contribution in [-0.2, 0) is 0 Å². The molecule has 0 saturated heterocycles. The number of para-hydroxylation sites is 3. The SMILES string of the molecule is c1ccc2c(c1)N=c1c-2c(-c2cc3ccccc3[nH]2)c(-c2cc3ccccc3[nH]2)c2c1=NN=N2. The molecule has 4 heterocycles. The van der Waals surface area contributed by atoms with Gasteiger partial charge in [-0.05, 0) is 35.6 Å². The van der Waals surface area contributed by atoms with Crippen LogP contribution in [0.25, 0.3) is 55.4 Å². The van der Waals surface area contributed by atoms with Crippen LogP contribution in [0.5, 0.6) is 0 Å². The third-order valence-electron chi connectivity index (χ3n) is 6.72. The lowest BCUT2D eigenvalue weighted by molar-refractivity contribution is 1.07. The summed E-state index contributed by atoms with van der Waals surface area (Å²) < 4.78 is 0. The molecule has 158 valence electrons. The lowest BCUT2D eigenvalue weighted by Gasteiger charge is -2.14. The Bertz CT molecular complexity index is 1910. The van der Waals surface area contributed by atoms with Crippen LogP contribution in [0.3, 0.4) is 0 Å². The lowest BCUT2D eigenvalue weighted by atomic mass is 9.90. The molecular weight excluding hydrogens is 420 g/mol. The highest BCUT2D eigenvalue weighted by atomic mass is 15.4. The first-order valence-electron chi connectivity index (χ1n) is 11.2. The normalized spacial score (nSPS) is 13.1. The van der Waals surface area contributed by atoms with Gasteiger partial charge in [0.1, 0.15) is 16.4 Å². The molecule has 2 aliphatic heterocycles. The minimum Gasteiger partial charge on any atom is -0.354 e. The zero-order valence-corrected chi connectivity index (χ0v) is 17.9. The molecule has 4 aromatic carbocycles. The molecule has 0 bridgehead atoms. The molecule has 0 aliphatic carbocycles. The van der Waals surface area contributed by atoms with Gasteiger partial charge in [0, 0.05) is 55.4 Å². The Balaban J connectivity index is 1.58. The van der Waals surface area contributed by atoms with Crippen molar-refractivity contribution >= 4 is 33.2 Å². The second-order valence-electron chi connectivity index (χ2n) is 8.63. The molecule has 6 aromatic rings. The maximum absolute atomic E-state index is 4.97. The summed E-state index contributed by atoms with van der Waals surface area (Å²) in [4.78, 5) is 12.2. The fourth-order valence-corrected chi connectivity index (χ4v) is 5.24. The van der Waals surface area contributed by atoms with Crippen LogP contribution in [0.4, 0.5) is 11.4 Å². The van der Waals surface area contributed by atoms with E-state index in [0.717, 1.165) is 77.5 Å². The van der Waals surface area contributed by atoms with E-state index in [1.54, 1.807) is 0 Å². The third-order valence-corrected chi connectivity index (χ3v) is 6.72. The zero-order chi connectivity index (χ0) is 22.2. The average molecular weight is 436 g/mol. The lowest BCUT2D eigenvalue weighted by Crippen LogP contribution is -2.26. The number of nitrogens with zero attached hydrogens (tertiary/aromatic N) is 4. The zero-order valence-electron chi connectivity index (χ0n) is 17.9. The maximum Gasteiger partial charge on any atom is 0.142 e. The molecule has 2 N–H and O–H groups in total. The Morgan fingerprint density at radius 3 is 1.97 bits per heavy atom. The van der Waals surface area contributed by atoms with Gasteiger partial charge in [-0.2, -0.15) is 0 Å². The number of H-pyrrole nitrogens is 2. The molecule has 2 aliphatic rings. The molecule has 0 fully saturated rings. The number of nitrogens with one attached hydrogen (secondary N) is 2. The Morgan fingerprint density at radius 1 is 0.588 bits per heavy atom. The summed E-state index contributed by atoms with van der Waals surface area (Å²) in [6.07, 6.45) is 0. The van der Waals surface area contributed by atoms with E-state index in [-0.39, 0.29) is 0 Å². The van der Waals surface area contributed by atoms with Gasteiger partial charge in [-0.3, -0.25) is 0 Å². The van der Waals surface area contributed by atoms with Gasteiger partial charge in [0.2, 0.25) is 0 Å². The van der Waals surface area contributed by atoms with Crippen molar-refractivity contribution in [2.24, 2.45) is 20.4 Å². The number of aromatic amines is 2. The van der Waals surface area contributed by atoms with Crippen molar-refractivity contribution in [2.45, 2.75) is 0 Å². The largest absolute Gasteiger partial charge is 0.354 e. The first kappa shape index (κ1) is 17.7. The first-order valence-corrected chi connectivity index (χ1v) is 11.2. The van der Waals surface area contributed by atoms with Crippen LogP contribution in [0.15, 0.2) is 105 Å². The highest BCUT2D eigenvalue weighted by Crippen LogP contribution is 2.46. The van der Waals surface area contributed by atoms with Crippen LogP contribution in [0.2, 0.25) is 0 Å². The average Bonchev–Trinajstić information content (AvgIpc) is 3.65. The Kier molecular flexibility index (Phi) is 3.31. The van der Waals surface area contributed by atoms with Crippen LogP contribution >= 0.6 is 0 Å². The highest BCUT2D eigenvalue weighted by molar-refractivity contribution is 6.04. The number of rotatable bonds is 2. The summed E-state index contributed by atoms with van der Waals surface area (Å²) in [6, 6.07) is 29.2. The quantitative estimate of drug-likeness (QED) is 0.308. The maximum atomic E-state index is 4.97. The van der Waals surface area contributed by atoms with Gasteiger partial charge in [0.15, 0.2) is 0 Å². The highest BCUT2D eigenvalue weighted by Gasteiger charge is 2.29. The van der Waals surface area contributed by atoms with E-state index >= 15 is 0 Å². The Labute approximate surface area is 193 Å². The molecule has 0 atom stereocenters. The summed E-state index contributed by atoms with van der Waals surface area (Å²) in [6.45, 7) is 0. The van der Waals surface area contributed by atoms with Crippen LogP contribution in [0, 0.1) is 0 Å². The van der Waals surface area contributed by atoms with Crippen molar-refractivity contribution in [2.75, 3.05) is 0 Å². The standard InChI is InChI=1S/C28H16N6/c1-4-10-18-15(7-1)13-21(29-18)24-23-17-9-3-6-12-20(17)31-26(23)28-27(32-34-33-28)25(24)22-14-16-8-2-5-11-19(16)30-22/h1-14,29-30H. The third kappa shape index (κ3) is 2.29. The first-order chi connectivity index (χ1) is 16.8. The van der Waals surface area contributed by atoms with E-state index in [2.05, 4.69) is 86.1 Å². The van der Waals surface area contributed by atoms with Crippen molar-refractivity contribution in [3.8, 4) is 33.6 Å². The van der Waals surface area contributed by atoms with Gasteiger partial charge in [-0.1, -0.05) is 54.6 Å². The molecule has 6 heteroatoms. The summed E-state index contributed by atoms with van der Waals surface area (Å²) in [7, 11) is 0. The molecule has 6 nitrogen and oxygen atoms in total. The van der Waals surface area contributed by atoms with Crippen LogP contribution < -0.4 is 10.7 Å². The van der Waals surface area contributed by atoms with Crippen molar-refractivity contribution in [1.29, 1.82) is 0 Å². The van der Waals surface area contributed by atoms with E-state index in [1.165, 1.54) is 0 Å². The second kappa shape index (κ2) is 6.36. The van der Waals surface area contributed by atoms with Gasteiger partial charge in [0.25, 0.3) is 0 Å². The molecule has 0 amide bonds. The van der Waals surface area contributed by atoms with E-state index in [4.69, 9.17) is 4.99 Å². The van der Waals surface area contributed by atoms with Crippen LogP contribution in [-0.4, -0.2) is 9.97 Å². The molecule has 0 radical (unpaired) electrons. The van der Waals surface area contributed by atoms with E-state index in [1.807, 2.05) is 24.3 Å². The van der Waals surface area contributed by atoms with Crippen molar-refractivity contribution < 1.29 is 0 Å². The molecule has 8 rings (SSSR count). The van der Waals surface area contributed by atoms with Gasteiger partial charge >= 0.3 is 0 Å². The summed E-state index contributed by atoms with van der Waals surface area (Å²) >= 11 is 0. The number of hydrogen-bond donors (Lipinski definition) is 2. The summed E-state index contributed by atoms with van der Waals surface area (Å²) in [5.74, 6) is 0. The van der Waals surface area contributed by atoms with E-state index in [0.29, 0.717) is 0 Å². The monoisotopic (exact) mass is 436 g/mol. The molecule has 0 spiro atoms. The minimum absolute atomic E-state index is 0.722. The number of benzene rings is 4. The predicted molar refractivity (Wildman–Crippen MR) is 133 cm³/mol. The number of aromatic nitrogens is 2. The summed E-state index contributed by atoms with van der Waals surface area (Å²) in [5.41, 5.74) is 10.0. The van der Waals surface area contributed by atoms with Gasteiger partial charge in [-0.25, -0.2) is 4.99 Å². The summed E-state index contributed by atoms with van der Waals surface area (Å²) in [5, 5.41) is 16.8. The van der Waals surface area contributed by atoms with Crippen LogP contribution in [0.1, 0.15) is 0 Å². The molecule has 34 heavy (non-hydrogen) atoms. The second-order valence-corrected chi connectivity index (χ2v) is 8.63. The van der Waals surface area contributed by atoms with Crippen molar-refractivity contribution in [1.82, 2.24) is 9.97 Å². The molecular formula is C28H16N6. The van der Waals surface area contributed by atoms with Gasteiger partial charge in [0.05, 0.1) is 5.69 Å². The van der Waals surface area contributed by atoms with Crippen molar-refractivity contribution in [3.63, 3.8) is 0 Å². The fraction of sp³-hybridized carbons (Fsp3) is 0. The van der Waals surface area contributed by atoms with Gasteiger partial charge in [-0.15, -0.1) is 10.2 Å². The van der Waals surface area contributed by atoms with E-state index in [9.17, 15) is 0 Å². The Morgan fingerprint density at radius 2 is 1.24 bits per heavy atom. The van der Waals surface area contributed by atoms with E-state index < -0.39 is 0 Å². The molecule has 2 aromatic heterocycles. The Hall–Kier alpha value is -4.84. The molecule has 0 saturated carbocycles. The predicted octanol–water partition coefficient (Wildman–Crippen LogP) is 6.55. The van der Waals surface area contributed by atoms with Crippen molar-refractivity contribution in [3.05, 3.63) is 95.6 Å². The molecule has 0 unspecified atom stereocenters. The number of hydrogen-bond acceptors (Lipinski definition) is 4. The topological polar surface area (TPSA) is 81.0 Å². The minimum atomic E-state index is 0.722. The van der Waals surface area contributed by atoms with Gasteiger partial charge < -0.3 is 9.97 Å². The fourth-order valence-electron chi connectivity index (χ4n) is 5.24.